The molecule has 0 aromatic heterocycles. The lowest BCUT2D eigenvalue weighted by atomic mass is 9.93. The molecule has 1 heterocycles. The van der Waals surface area contributed by atoms with Gasteiger partial charge in [0.25, 0.3) is 0 Å². The van der Waals surface area contributed by atoms with Crippen molar-refractivity contribution in [2.75, 3.05) is 20.3 Å². The average molecular weight is 272 g/mol. The Labute approximate surface area is 113 Å². The lowest BCUT2D eigenvalue weighted by molar-refractivity contribution is -0.142. The van der Waals surface area contributed by atoms with Crippen LogP contribution in [0, 0.1) is 5.92 Å². The Morgan fingerprint density at radius 3 is 2.84 bits per heavy atom. The van der Waals surface area contributed by atoms with Crippen molar-refractivity contribution in [3.63, 3.8) is 0 Å². The summed E-state index contributed by atoms with van der Waals surface area (Å²) in [5, 5.41) is 14.8. The van der Waals surface area contributed by atoms with Crippen LogP contribution in [-0.4, -0.2) is 49.3 Å². The minimum absolute atomic E-state index is 0.212. The van der Waals surface area contributed by atoms with E-state index in [1.165, 1.54) is 0 Å². The fraction of sp³-hybridized carbons (Fsp3) is 0.846. The van der Waals surface area contributed by atoms with E-state index < -0.39 is 12.0 Å². The van der Waals surface area contributed by atoms with Crippen molar-refractivity contribution in [3.05, 3.63) is 0 Å². The third-order valence-electron chi connectivity index (χ3n) is 3.44. The number of carboxylic acid groups (broad SMARTS) is 1. The van der Waals surface area contributed by atoms with Gasteiger partial charge in [-0.1, -0.05) is 6.92 Å². The number of hydrogen-bond donors (Lipinski definition) is 3. The summed E-state index contributed by atoms with van der Waals surface area (Å²) in [5.74, 6) is -0.710. The second-order valence-corrected chi connectivity index (χ2v) is 5.17. The molecule has 6 heteroatoms. The molecule has 6 nitrogen and oxygen atoms in total. The Kier molecular flexibility index (Phi) is 6.80. The molecule has 1 saturated heterocycles. The summed E-state index contributed by atoms with van der Waals surface area (Å²) in [5.41, 5.74) is 0. The number of nitrogens with one attached hydrogen (secondary N) is 2. The van der Waals surface area contributed by atoms with Crippen LogP contribution in [0.4, 0.5) is 0 Å². The SMILES string of the molecule is COCCCC(NC(=O)C1CC(C)CCN1)C(=O)O. The van der Waals surface area contributed by atoms with Crippen LogP contribution in [0.2, 0.25) is 0 Å². The van der Waals surface area contributed by atoms with E-state index in [1.54, 1.807) is 7.11 Å². The van der Waals surface area contributed by atoms with E-state index in [0.717, 1.165) is 19.4 Å². The average Bonchev–Trinajstić information content (AvgIpc) is 2.37. The molecule has 1 aliphatic heterocycles. The molecular formula is C13H24N2O4. The van der Waals surface area contributed by atoms with Crippen molar-refractivity contribution in [1.29, 1.82) is 0 Å². The molecule has 1 amide bonds. The summed E-state index contributed by atoms with van der Waals surface area (Å²) in [7, 11) is 1.57. The first-order valence-electron chi connectivity index (χ1n) is 6.80. The third kappa shape index (κ3) is 5.57. The number of amides is 1. The van der Waals surface area contributed by atoms with E-state index in [4.69, 9.17) is 9.84 Å². The van der Waals surface area contributed by atoms with E-state index >= 15 is 0 Å². The van der Waals surface area contributed by atoms with Crippen molar-refractivity contribution in [2.45, 2.75) is 44.7 Å². The van der Waals surface area contributed by atoms with Crippen LogP contribution < -0.4 is 10.6 Å². The number of carbonyl (C=O) groups excluding carboxylic acids is 1. The van der Waals surface area contributed by atoms with Gasteiger partial charge < -0.3 is 20.5 Å². The number of piperidine rings is 1. The van der Waals surface area contributed by atoms with Crippen molar-refractivity contribution < 1.29 is 19.4 Å². The van der Waals surface area contributed by atoms with Gasteiger partial charge in [0.05, 0.1) is 6.04 Å². The molecule has 110 valence electrons. The summed E-state index contributed by atoms with van der Waals surface area (Å²) < 4.78 is 4.89. The van der Waals surface area contributed by atoms with Crippen molar-refractivity contribution >= 4 is 11.9 Å². The summed E-state index contributed by atoms with van der Waals surface area (Å²) in [6.07, 6.45) is 2.82. The highest BCUT2D eigenvalue weighted by Gasteiger charge is 2.28. The maximum atomic E-state index is 12.0. The zero-order valence-corrected chi connectivity index (χ0v) is 11.6. The van der Waals surface area contributed by atoms with E-state index in [-0.39, 0.29) is 11.9 Å². The molecule has 3 atom stereocenters. The molecule has 0 aromatic rings. The lowest BCUT2D eigenvalue weighted by Gasteiger charge is -2.28. The highest BCUT2D eigenvalue weighted by Crippen LogP contribution is 2.15. The number of carbonyl (C=O) groups is 2. The van der Waals surface area contributed by atoms with Gasteiger partial charge in [-0.05, 0) is 38.1 Å². The van der Waals surface area contributed by atoms with Gasteiger partial charge in [0.2, 0.25) is 5.91 Å². The lowest BCUT2D eigenvalue weighted by Crippen LogP contribution is -2.52. The Balaban J connectivity index is 2.43. The molecule has 0 bridgehead atoms. The van der Waals surface area contributed by atoms with Crippen LogP contribution in [0.25, 0.3) is 0 Å². The van der Waals surface area contributed by atoms with E-state index in [0.29, 0.717) is 25.4 Å². The standard InChI is InChI=1S/C13H24N2O4/c1-9-5-6-14-11(8-9)12(16)15-10(13(17)18)4-3-7-19-2/h9-11,14H,3-8H2,1-2H3,(H,15,16)(H,17,18). The van der Waals surface area contributed by atoms with Crippen molar-refractivity contribution in [1.82, 2.24) is 10.6 Å². The van der Waals surface area contributed by atoms with E-state index in [1.807, 2.05) is 0 Å². The Bertz CT molecular complexity index is 309. The summed E-state index contributed by atoms with van der Waals surface area (Å²) in [4.78, 5) is 23.1. The molecule has 3 N–H and O–H groups in total. The van der Waals surface area contributed by atoms with Gasteiger partial charge in [-0.2, -0.15) is 0 Å². The van der Waals surface area contributed by atoms with Gasteiger partial charge in [0, 0.05) is 13.7 Å². The Morgan fingerprint density at radius 1 is 1.53 bits per heavy atom. The van der Waals surface area contributed by atoms with Gasteiger partial charge in [-0.15, -0.1) is 0 Å². The Morgan fingerprint density at radius 2 is 2.26 bits per heavy atom. The molecule has 1 rings (SSSR count). The number of hydrogen-bond acceptors (Lipinski definition) is 4. The normalized spacial score (nSPS) is 24.7. The van der Waals surface area contributed by atoms with Crippen LogP contribution in [0.3, 0.4) is 0 Å². The Hall–Kier alpha value is -1.14. The molecule has 0 saturated carbocycles. The predicted molar refractivity (Wildman–Crippen MR) is 70.9 cm³/mol. The number of carboxylic acids is 1. The zero-order valence-electron chi connectivity index (χ0n) is 11.6. The smallest absolute Gasteiger partial charge is 0.326 e. The monoisotopic (exact) mass is 272 g/mol. The van der Waals surface area contributed by atoms with Gasteiger partial charge >= 0.3 is 5.97 Å². The number of aliphatic carboxylic acids is 1. The first kappa shape index (κ1) is 15.9. The predicted octanol–water partition coefficient (Wildman–Crippen LogP) is 0.371. The largest absolute Gasteiger partial charge is 0.480 e. The highest BCUT2D eigenvalue weighted by atomic mass is 16.5. The van der Waals surface area contributed by atoms with Crippen molar-refractivity contribution in [3.8, 4) is 0 Å². The summed E-state index contributed by atoms with van der Waals surface area (Å²) in [6, 6.07) is -1.10. The summed E-state index contributed by atoms with van der Waals surface area (Å²) >= 11 is 0. The molecular weight excluding hydrogens is 248 g/mol. The maximum absolute atomic E-state index is 12.0. The number of rotatable bonds is 7. The molecule has 0 radical (unpaired) electrons. The summed E-state index contributed by atoms with van der Waals surface area (Å²) in [6.45, 7) is 3.41. The van der Waals surface area contributed by atoms with E-state index in [9.17, 15) is 9.59 Å². The second-order valence-electron chi connectivity index (χ2n) is 5.17. The molecule has 19 heavy (non-hydrogen) atoms. The van der Waals surface area contributed by atoms with Crippen molar-refractivity contribution in [2.24, 2.45) is 5.92 Å². The van der Waals surface area contributed by atoms with Gasteiger partial charge in [0.15, 0.2) is 0 Å². The minimum Gasteiger partial charge on any atom is -0.480 e. The topological polar surface area (TPSA) is 87.7 Å². The van der Waals surface area contributed by atoms with Crippen LogP contribution in [0.5, 0.6) is 0 Å². The van der Waals surface area contributed by atoms with Crippen LogP contribution >= 0.6 is 0 Å². The second kappa shape index (κ2) is 8.12. The third-order valence-corrected chi connectivity index (χ3v) is 3.44. The highest BCUT2D eigenvalue weighted by molar-refractivity contribution is 5.86. The fourth-order valence-corrected chi connectivity index (χ4v) is 2.27. The molecule has 0 spiro atoms. The first-order chi connectivity index (χ1) is 9.04. The molecule has 3 unspecified atom stereocenters. The number of methoxy groups -OCH3 is 1. The van der Waals surface area contributed by atoms with Crippen LogP contribution in [-0.2, 0) is 14.3 Å². The van der Waals surface area contributed by atoms with Crippen LogP contribution in [0.15, 0.2) is 0 Å². The van der Waals surface area contributed by atoms with E-state index in [2.05, 4.69) is 17.6 Å². The zero-order chi connectivity index (χ0) is 14.3. The maximum Gasteiger partial charge on any atom is 0.326 e. The number of ether oxygens (including phenoxy) is 1. The molecule has 0 aliphatic carbocycles. The quantitative estimate of drug-likeness (QED) is 0.583. The molecule has 0 aromatic carbocycles. The van der Waals surface area contributed by atoms with Crippen LogP contribution in [0.1, 0.15) is 32.6 Å². The van der Waals surface area contributed by atoms with Gasteiger partial charge in [-0.3, -0.25) is 4.79 Å². The first-order valence-corrected chi connectivity index (χ1v) is 6.80. The molecule has 1 aliphatic rings. The minimum atomic E-state index is -0.992. The fourth-order valence-electron chi connectivity index (χ4n) is 2.27. The molecule has 1 fully saturated rings. The van der Waals surface area contributed by atoms with Gasteiger partial charge in [0.1, 0.15) is 6.04 Å². The van der Waals surface area contributed by atoms with Gasteiger partial charge in [-0.25, -0.2) is 4.79 Å².